The zero-order valence-electron chi connectivity index (χ0n) is 8.00. The lowest BCUT2D eigenvalue weighted by Gasteiger charge is -2.08. The highest BCUT2D eigenvalue weighted by atomic mass is 35.5. The standard InChI is InChI=1S/C9H5Cl2FN2O2/c1-16-9(15)4(3-13)7-5(10)2-6(11)8(12)14-7/h2,4H,1H3. The van der Waals surface area contributed by atoms with Gasteiger partial charge in [-0.2, -0.15) is 9.65 Å². The number of nitriles is 1. The Kier molecular flexibility index (Phi) is 4.05. The highest BCUT2D eigenvalue weighted by Gasteiger charge is 2.26. The van der Waals surface area contributed by atoms with Gasteiger partial charge in [0.2, 0.25) is 5.95 Å². The summed E-state index contributed by atoms with van der Waals surface area (Å²) in [4.78, 5) is 14.6. The van der Waals surface area contributed by atoms with Crippen molar-refractivity contribution in [2.24, 2.45) is 0 Å². The molecule has 0 N–H and O–H groups in total. The van der Waals surface area contributed by atoms with Crippen LogP contribution in [0.3, 0.4) is 0 Å². The summed E-state index contributed by atoms with van der Waals surface area (Å²) in [5, 5.41) is 8.41. The van der Waals surface area contributed by atoms with Crippen molar-refractivity contribution >= 4 is 29.2 Å². The average molecular weight is 263 g/mol. The molecule has 0 aliphatic carbocycles. The number of hydrogen-bond donors (Lipinski definition) is 0. The zero-order chi connectivity index (χ0) is 12.3. The molecule has 1 atom stereocenters. The summed E-state index contributed by atoms with van der Waals surface area (Å²) in [5.74, 6) is -3.23. The number of nitrogens with zero attached hydrogens (tertiary/aromatic N) is 2. The number of ether oxygens (including phenoxy) is 1. The van der Waals surface area contributed by atoms with Crippen LogP contribution >= 0.6 is 23.2 Å². The number of rotatable bonds is 2. The van der Waals surface area contributed by atoms with E-state index in [-0.39, 0.29) is 15.7 Å². The number of carbonyl (C=O) groups excluding carboxylic acids is 1. The molecule has 0 saturated heterocycles. The maximum absolute atomic E-state index is 13.1. The molecule has 4 nitrogen and oxygen atoms in total. The van der Waals surface area contributed by atoms with E-state index in [0.717, 1.165) is 13.2 Å². The largest absolute Gasteiger partial charge is 0.468 e. The van der Waals surface area contributed by atoms with Gasteiger partial charge >= 0.3 is 5.97 Å². The van der Waals surface area contributed by atoms with Crippen LogP contribution in [0.15, 0.2) is 6.07 Å². The molecule has 1 unspecified atom stereocenters. The normalized spacial score (nSPS) is 11.7. The first kappa shape index (κ1) is 12.7. The Morgan fingerprint density at radius 2 is 2.25 bits per heavy atom. The minimum Gasteiger partial charge on any atom is -0.468 e. The summed E-state index contributed by atoms with van der Waals surface area (Å²) in [6.45, 7) is 0. The van der Waals surface area contributed by atoms with Gasteiger partial charge in [0.05, 0.1) is 28.9 Å². The molecule has 0 radical (unpaired) electrons. The average Bonchev–Trinajstić information content (AvgIpc) is 2.26. The summed E-state index contributed by atoms with van der Waals surface area (Å²) in [6.07, 6.45) is 0. The highest BCUT2D eigenvalue weighted by Crippen LogP contribution is 2.27. The van der Waals surface area contributed by atoms with Crippen LogP contribution in [0.2, 0.25) is 10.0 Å². The Labute approximate surface area is 101 Å². The van der Waals surface area contributed by atoms with Crippen LogP contribution in [0.4, 0.5) is 4.39 Å². The molecule has 7 heteroatoms. The SMILES string of the molecule is COC(=O)C(C#N)c1nc(F)c(Cl)cc1Cl. The van der Waals surface area contributed by atoms with Crippen molar-refractivity contribution in [1.82, 2.24) is 4.98 Å². The molecular formula is C9H5Cl2FN2O2. The van der Waals surface area contributed by atoms with E-state index in [9.17, 15) is 9.18 Å². The fraction of sp³-hybridized carbons (Fsp3) is 0.222. The zero-order valence-corrected chi connectivity index (χ0v) is 9.51. The van der Waals surface area contributed by atoms with Crippen molar-refractivity contribution in [3.05, 3.63) is 27.8 Å². The van der Waals surface area contributed by atoms with E-state index in [1.807, 2.05) is 0 Å². The molecule has 0 fully saturated rings. The van der Waals surface area contributed by atoms with E-state index in [1.54, 1.807) is 6.07 Å². The lowest BCUT2D eigenvalue weighted by atomic mass is 10.1. The van der Waals surface area contributed by atoms with Gasteiger partial charge in [-0.3, -0.25) is 4.79 Å². The van der Waals surface area contributed by atoms with Crippen molar-refractivity contribution in [3.8, 4) is 6.07 Å². The van der Waals surface area contributed by atoms with Gasteiger partial charge in [0.15, 0.2) is 5.92 Å². The predicted molar refractivity (Wildman–Crippen MR) is 54.6 cm³/mol. The predicted octanol–water partition coefficient (Wildman–Crippen LogP) is 2.31. The van der Waals surface area contributed by atoms with Gasteiger partial charge in [0.1, 0.15) is 0 Å². The van der Waals surface area contributed by atoms with Crippen LogP contribution in [-0.2, 0) is 9.53 Å². The van der Waals surface area contributed by atoms with Gasteiger partial charge in [0, 0.05) is 0 Å². The number of hydrogen-bond acceptors (Lipinski definition) is 4. The molecule has 1 heterocycles. The Bertz CT molecular complexity index is 473. The number of pyridine rings is 1. The lowest BCUT2D eigenvalue weighted by Crippen LogP contribution is -2.15. The first-order chi connectivity index (χ1) is 7.51. The smallest absolute Gasteiger partial charge is 0.329 e. The fourth-order valence-electron chi connectivity index (χ4n) is 1.00. The van der Waals surface area contributed by atoms with Crippen molar-refractivity contribution in [3.63, 3.8) is 0 Å². The summed E-state index contributed by atoms with van der Waals surface area (Å²) >= 11 is 11.1. The van der Waals surface area contributed by atoms with Gasteiger partial charge in [-0.15, -0.1) is 0 Å². The van der Waals surface area contributed by atoms with Gasteiger partial charge in [-0.1, -0.05) is 23.2 Å². The van der Waals surface area contributed by atoms with Gasteiger partial charge < -0.3 is 4.74 Å². The summed E-state index contributed by atoms with van der Waals surface area (Å²) in [7, 11) is 1.10. The Balaban J connectivity index is 3.27. The second kappa shape index (κ2) is 5.10. The third kappa shape index (κ3) is 2.40. The maximum Gasteiger partial charge on any atom is 0.329 e. The van der Waals surface area contributed by atoms with E-state index < -0.39 is 17.8 Å². The molecule has 0 aromatic carbocycles. The first-order valence-corrected chi connectivity index (χ1v) is 4.75. The van der Waals surface area contributed by atoms with E-state index in [2.05, 4.69) is 9.72 Å². The molecule has 0 aliphatic rings. The number of carbonyl (C=O) groups is 1. The molecule has 1 rings (SSSR count). The Morgan fingerprint density at radius 3 is 2.75 bits per heavy atom. The molecule has 0 amide bonds. The topological polar surface area (TPSA) is 63.0 Å². The lowest BCUT2D eigenvalue weighted by molar-refractivity contribution is -0.141. The number of halogens is 3. The summed E-state index contributed by atoms with van der Waals surface area (Å²) < 4.78 is 17.4. The van der Waals surface area contributed by atoms with Crippen LogP contribution in [0, 0.1) is 17.3 Å². The van der Waals surface area contributed by atoms with Crippen molar-refractivity contribution in [2.45, 2.75) is 5.92 Å². The van der Waals surface area contributed by atoms with Crippen molar-refractivity contribution < 1.29 is 13.9 Å². The Hall–Kier alpha value is -1.38. The molecule has 0 bridgehead atoms. The molecule has 16 heavy (non-hydrogen) atoms. The second-order valence-corrected chi connectivity index (χ2v) is 3.53. The maximum atomic E-state index is 13.1. The van der Waals surface area contributed by atoms with E-state index >= 15 is 0 Å². The summed E-state index contributed by atoms with van der Waals surface area (Å²) in [6, 6.07) is 2.70. The third-order valence-electron chi connectivity index (χ3n) is 1.75. The quantitative estimate of drug-likeness (QED) is 0.606. The van der Waals surface area contributed by atoms with Crippen LogP contribution in [0.1, 0.15) is 11.6 Å². The molecule has 84 valence electrons. The van der Waals surface area contributed by atoms with E-state index in [0.29, 0.717) is 0 Å². The van der Waals surface area contributed by atoms with Crippen LogP contribution in [-0.4, -0.2) is 18.1 Å². The molecular weight excluding hydrogens is 258 g/mol. The number of esters is 1. The monoisotopic (exact) mass is 262 g/mol. The van der Waals surface area contributed by atoms with Crippen LogP contribution in [0.5, 0.6) is 0 Å². The summed E-state index contributed by atoms with van der Waals surface area (Å²) in [5.41, 5.74) is -0.210. The second-order valence-electron chi connectivity index (χ2n) is 2.71. The third-order valence-corrected chi connectivity index (χ3v) is 2.32. The number of methoxy groups -OCH3 is 1. The molecule has 0 saturated carbocycles. The minimum absolute atomic E-state index is 0.0663. The Morgan fingerprint density at radius 1 is 1.62 bits per heavy atom. The molecule has 0 aliphatic heterocycles. The van der Waals surface area contributed by atoms with Crippen molar-refractivity contribution in [2.75, 3.05) is 7.11 Å². The number of aromatic nitrogens is 1. The molecule has 1 aromatic heterocycles. The highest BCUT2D eigenvalue weighted by molar-refractivity contribution is 6.35. The molecule has 0 spiro atoms. The van der Waals surface area contributed by atoms with Gasteiger partial charge in [0.25, 0.3) is 0 Å². The van der Waals surface area contributed by atoms with Crippen molar-refractivity contribution in [1.29, 1.82) is 5.26 Å². The minimum atomic E-state index is -1.37. The van der Waals surface area contributed by atoms with E-state index in [4.69, 9.17) is 28.5 Å². The molecule has 1 aromatic rings. The fourth-order valence-corrected chi connectivity index (χ4v) is 1.47. The van der Waals surface area contributed by atoms with Crippen LogP contribution in [0.25, 0.3) is 0 Å². The first-order valence-electron chi connectivity index (χ1n) is 4.00. The van der Waals surface area contributed by atoms with E-state index in [1.165, 1.54) is 0 Å². The van der Waals surface area contributed by atoms with Crippen LogP contribution < -0.4 is 0 Å². The van der Waals surface area contributed by atoms with Gasteiger partial charge in [-0.05, 0) is 6.07 Å². The van der Waals surface area contributed by atoms with Gasteiger partial charge in [-0.25, -0.2) is 4.98 Å².